The maximum absolute atomic E-state index is 12.1. The van der Waals surface area contributed by atoms with Gasteiger partial charge in [-0.3, -0.25) is 9.69 Å². The summed E-state index contributed by atoms with van der Waals surface area (Å²) in [7, 11) is 3.66. The van der Waals surface area contributed by atoms with Crippen LogP contribution in [0.15, 0.2) is 53.3 Å². The van der Waals surface area contributed by atoms with Crippen molar-refractivity contribution in [3.8, 4) is 5.75 Å². The number of fused-ring (bicyclic) bond motifs is 1. The maximum atomic E-state index is 12.1. The molecule has 3 rings (SSSR count). The van der Waals surface area contributed by atoms with Gasteiger partial charge in [0.25, 0.3) is 5.56 Å². The quantitative estimate of drug-likeness (QED) is 0.787. The lowest BCUT2D eigenvalue weighted by Gasteiger charge is -2.18. The molecule has 2 aromatic carbocycles. The molecule has 0 aliphatic rings. The first kappa shape index (κ1) is 15.2. The number of methoxy groups -OCH3 is 1. The zero-order chi connectivity index (χ0) is 16.2. The van der Waals surface area contributed by atoms with E-state index >= 15 is 0 Å². The van der Waals surface area contributed by atoms with E-state index < -0.39 is 0 Å². The Balaban J connectivity index is 1.80. The number of hydrogen-bond acceptors (Lipinski definition) is 4. The zero-order valence-electron chi connectivity index (χ0n) is 13.2. The Morgan fingerprint density at radius 1 is 1.09 bits per heavy atom. The topological polar surface area (TPSA) is 58.2 Å². The van der Waals surface area contributed by atoms with Crippen molar-refractivity contribution in [3.63, 3.8) is 0 Å². The van der Waals surface area contributed by atoms with Gasteiger partial charge in [-0.15, -0.1) is 0 Å². The molecule has 0 radical (unpaired) electrons. The van der Waals surface area contributed by atoms with Crippen LogP contribution in [0.3, 0.4) is 0 Å². The second-order valence-corrected chi connectivity index (χ2v) is 5.51. The number of benzene rings is 2. The van der Waals surface area contributed by atoms with Crippen molar-refractivity contribution in [3.05, 3.63) is 70.3 Å². The standard InChI is InChI=1S/C18H19N3O2/c1-21(11-13-7-3-6-10-16(13)23-2)12-17-19-15-9-5-4-8-14(15)18(22)20-17/h3-10H,11-12H2,1-2H3,(H,19,20,22). The van der Waals surface area contributed by atoms with Crippen LogP contribution in [0.1, 0.15) is 11.4 Å². The predicted molar refractivity (Wildman–Crippen MR) is 90.5 cm³/mol. The van der Waals surface area contributed by atoms with E-state index in [0.29, 0.717) is 24.3 Å². The van der Waals surface area contributed by atoms with Crippen LogP contribution >= 0.6 is 0 Å². The molecule has 1 aromatic heterocycles. The number of nitrogens with one attached hydrogen (secondary N) is 1. The van der Waals surface area contributed by atoms with Crippen molar-refractivity contribution in [2.75, 3.05) is 14.2 Å². The number of H-pyrrole nitrogens is 1. The second-order valence-electron chi connectivity index (χ2n) is 5.51. The minimum Gasteiger partial charge on any atom is -0.496 e. The van der Waals surface area contributed by atoms with Crippen LogP contribution in [0.25, 0.3) is 10.9 Å². The predicted octanol–water partition coefficient (Wildman–Crippen LogP) is 2.56. The van der Waals surface area contributed by atoms with E-state index in [1.807, 2.05) is 49.5 Å². The molecular formula is C18H19N3O2. The van der Waals surface area contributed by atoms with Crippen molar-refractivity contribution in [1.29, 1.82) is 0 Å². The zero-order valence-corrected chi connectivity index (χ0v) is 13.2. The molecule has 0 saturated carbocycles. The maximum Gasteiger partial charge on any atom is 0.258 e. The minimum absolute atomic E-state index is 0.101. The summed E-state index contributed by atoms with van der Waals surface area (Å²) < 4.78 is 5.37. The number of ether oxygens (including phenoxy) is 1. The Labute approximate surface area is 134 Å². The molecule has 118 valence electrons. The molecule has 1 N–H and O–H groups in total. The highest BCUT2D eigenvalue weighted by atomic mass is 16.5. The number of nitrogens with zero attached hydrogens (tertiary/aromatic N) is 2. The Kier molecular flexibility index (Phi) is 4.39. The lowest BCUT2D eigenvalue weighted by atomic mass is 10.2. The second kappa shape index (κ2) is 6.62. The molecule has 0 saturated heterocycles. The number of para-hydroxylation sites is 2. The van der Waals surface area contributed by atoms with Gasteiger partial charge in [0.1, 0.15) is 11.6 Å². The lowest BCUT2D eigenvalue weighted by Crippen LogP contribution is -2.22. The first-order valence-electron chi connectivity index (χ1n) is 7.46. The van der Waals surface area contributed by atoms with Gasteiger partial charge >= 0.3 is 0 Å². The Bertz CT molecular complexity index is 873. The molecule has 3 aromatic rings. The smallest absolute Gasteiger partial charge is 0.258 e. The average molecular weight is 309 g/mol. The van der Waals surface area contributed by atoms with Crippen LogP contribution in [-0.4, -0.2) is 29.0 Å². The summed E-state index contributed by atoms with van der Waals surface area (Å²) in [5, 5.41) is 0.614. The highest BCUT2D eigenvalue weighted by Gasteiger charge is 2.09. The van der Waals surface area contributed by atoms with E-state index in [1.54, 1.807) is 13.2 Å². The van der Waals surface area contributed by atoms with Crippen molar-refractivity contribution in [1.82, 2.24) is 14.9 Å². The molecule has 5 heteroatoms. The largest absolute Gasteiger partial charge is 0.496 e. The van der Waals surface area contributed by atoms with Crippen LogP contribution < -0.4 is 10.3 Å². The first-order valence-corrected chi connectivity index (χ1v) is 7.46. The molecule has 0 amide bonds. The molecule has 0 aliphatic carbocycles. The Morgan fingerprint density at radius 3 is 2.65 bits per heavy atom. The van der Waals surface area contributed by atoms with E-state index in [2.05, 4.69) is 14.9 Å². The van der Waals surface area contributed by atoms with E-state index in [4.69, 9.17) is 4.74 Å². The van der Waals surface area contributed by atoms with Crippen molar-refractivity contribution in [2.45, 2.75) is 13.1 Å². The Morgan fingerprint density at radius 2 is 1.83 bits per heavy atom. The molecule has 1 heterocycles. The third-order valence-electron chi connectivity index (χ3n) is 3.71. The number of aromatic nitrogens is 2. The summed E-state index contributed by atoms with van der Waals surface area (Å²) >= 11 is 0. The molecule has 0 fully saturated rings. The first-order chi connectivity index (χ1) is 11.2. The molecule has 23 heavy (non-hydrogen) atoms. The fourth-order valence-electron chi connectivity index (χ4n) is 2.65. The summed E-state index contributed by atoms with van der Waals surface area (Å²) in [6, 6.07) is 15.3. The molecule has 0 spiro atoms. The van der Waals surface area contributed by atoms with Crippen LogP contribution in [-0.2, 0) is 13.1 Å². The summed E-state index contributed by atoms with van der Waals surface area (Å²) in [6.45, 7) is 1.26. The van der Waals surface area contributed by atoms with Gasteiger partial charge in [0.2, 0.25) is 0 Å². The average Bonchev–Trinajstić information content (AvgIpc) is 2.55. The summed E-state index contributed by atoms with van der Waals surface area (Å²) in [4.78, 5) is 21.6. The van der Waals surface area contributed by atoms with Gasteiger partial charge in [-0.05, 0) is 25.2 Å². The molecule has 0 unspecified atom stereocenters. The highest BCUT2D eigenvalue weighted by Crippen LogP contribution is 2.19. The monoisotopic (exact) mass is 309 g/mol. The van der Waals surface area contributed by atoms with Gasteiger partial charge in [0.05, 0.1) is 24.6 Å². The third-order valence-corrected chi connectivity index (χ3v) is 3.71. The SMILES string of the molecule is COc1ccccc1CN(C)Cc1nc2ccccc2c(=O)[nH]1. The number of rotatable bonds is 5. The van der Waals surface area contributed by atoms with Crippen LogP contribution in [0.5, 0.6) is 5.75 Å². The summed E-state index contributed by atoms with van der Waals surface area (Å²) in [6.07, 6.45) is 0. The Hall–Kier alpha value is -2.66. The van der Waals surface area contributed by atoms with Crippen LogP contribution in [0, 0.1) is 0 Å². The van der Waals surface area contributed by atoms with E-state index in [-0.39, 0.29) is 5.56 Å². The summed E-state index contributed by atoms with van der Waals surface area (Å²) in [5.74, 6) is 1.52. The van der Waals surface area contributed by atoms with Gasteiger partial charge < -0.3 is 9.72 Å². The number of hydrogen-bond donors (Lipinski definition) is 1. The van der Waals surface area contributed by atoms with Crippen LogP contribution in [0.4, 0.5) is 0 Å². The van der Waals surface area contributed by atoms with Crippen molar-refractivity contribution >= 4 is 10.9 Å². The van der Waals surface area contributed by atoms with Gasteiger partial charge in [-0.1, -0.05) is 30.3 Å². The number of aromatic amines is 1. The lowest BCUT2D eigenvalue weighted by molar-refractivity contribution is 0.303. The van der Waals surface area contributed by atoms with Crippen molar-refractivity contribution in [2.24, 2.45) is 0 Å². The molecule has 0 atom stereocenters. The molecule has 0 bridgehead atoms. The van der Waals surface area contributed by atoms with Crippen molar-refractivity contribution < 1.29 is 4.74 Å². The molecular weight excluding hydrogens is 290 g/mol. The molecule has 0 aliphatic heterocycles. The minimum atomic E-state index is -0.101. The van der Waals surface area contributed by atoms with Gasteiger partial charge in [-0.25, -0.2) is 4.98 Å². The van der Waals surface area contributed by atoms with Gasteiger partial charge in [0.15, 0.2) is 0 Å². The normalized spacial score (nSPS) is 11.1. The fraction of sp³-hybridized carbons (Fsp3) is 0.222. The van der Waals surface area contributed by atoms with Gasteiger partial charge in [-0.2, -0.15) is 0 Å². The summed E-state index contributed by atoms with van der Waals surface area (Å²) in [5.41, 5.74) is 1.72. The van der Waals surface area contributed by atoms with Crippen LogP contribution in [0.2, 0.25) is 0 Å². The van der Waals surface area contributed by atoms with E-state index in [9.17, 15) is 4.79 Å². The van der Waals surface area contributed by atoms with Gasteiger partial charge in [0, 0.05) is 12.1 Å². The highest BCUT2D eigenvalue weighted by molar-refractivity contribution is 5.77. The molecule has 5 nitrogen and oxygen atoms in total. The van der Waals surface area contributed by atoms with E-state index in [0.717, 1.165) is 16.8 Å². The fourth-order valence-corrected chi connectivity index (χ4v) is 2.65. The van der Waals surface area contributed by atoms with E-state index in [1.165, 1.54) is 0 Å². The third kappa shape index (κ3) is 3.40.